The highest BCUT2D eigenvalue weighted by atomic mass is 16.2. The molecular formula is C19H19N5O3. The number of hydrogen-bond acceptors (Lipinski definition) is 5. The molecule has 4 heterocycles. The molecule has 8 nitrogen and oxygen atoms in total. The Morgan fingerprint density at radius 1 is 1.15 bits per heavy atom. The van der Waals surface area contributed by atoms with E-state index >= 15 is 0 Å². The van der Waals surface area contributed by atoms with Crippen LogP contribution in [0.3, 0.4) is 0 Å². The van der Waals surface area contributed by atoms with Crippen LogP contribution in [0.5, 0.6) is 0 Å². The highest BCUT2D eigenvalue weighted by Crippen LogP contribution is 2.27. The highest BCUT2D eigenvalue weighted by Gasteiger charge is 2.29. The topological polar surface area (TPSA) is 90.1 Å². The normalized spacial score (nSPS) is 16.8. The standard InChI is InChI=1S/C19H19N5O3/c1-22-16-14(18(26)23(2)19(22)27)5-6-15(21-16)13-7-9-24(11-13)17(25)12-4-3-8-20-10-12/h3-6,8,10,13H,7,9,11H2,1-2H3. The number of hydrogen-bond donors (Lipinski definition) is 0. The van der Waals surface area contributed by atoms with Crippen molar-refractivity contribution in [3.63, 3.8) is 0 Å². The smallest absolute Gasteiger partial charge is 0.332 e. The van der Waals surface area contributed by atoms with E-state index in [1.165, 1.54) is 11.6 Å². The van der Waals surface area contributed by atoms with Crippen LogP contribution in [0.15, 0.2) is 46.2 Å². The molecule has 0 aliphatic carbocycles. The van der Waals surface area contributed by atoms with Crippen molar-refractivity contribution < 1.29 is 4.79 Å². The Hall–Kier alpha value is -3.29. The van der Waals surface area contributed by atoms with Gasteiger partial charge in [-0.1, -0.05) is 0 Å². The lowest BCUT2D eigenvalue weighted by Crippen LogP contribution is -2.37. The van der Waals surface area contributed by atoms with Crippen LogP contribution < -0.4 is 11.2 Å². The summed E-state index contributed by atoms with van der Waals surface area (Å²) in [5, 5.41) is 0.407. The number of amides is 1. The average molecular weight is 365 g/mol. The Bertz CT molecular complexity index is 1150. The largest absolute Gasteiger partial charge is 0.338 e. The van der Waals surface area contributed by atoms with Gasteiger partial charge in [0.25, 0.3) is 11.5 Å². The Morgan fingerprint density at radius 3 is 2.70 bits per heavy atom. The second-order valence-electron chi connectivity index (χ2n) is 6.79. The first-order valence-corrected chi connectivity index (χ1v) is 8.73. The number of likely N-dealkylation sites (tertiary alicyclic amines) is 1. The van der Waals surface area contributed by atoms with E-state index in [0.717, 1.165) is 16.7 Å². The second-order valence-corrected chi connectivity index (χ2v) is 6.79. The lowest BCUT2D eigenvalue weighted by Gasteiger charge is -2.16. The average Bonchev–Trinajstić information content (AvgIpc) is 3.20. The zero-order valence-corrected chi connectivity index (χ0v) is 15.1. The van der Waals surface area contributed by atoms with E-state index in [-0.39, 0.29) is 17.4 Å². The van der Waals surface area contributed by atoms with Gasteiger partial charge in [-0.3, -0.25) is 23.7 Å². The van der Waals surface area contributed by atoms with Gasteiger partial charge >= 0.3 is 5.69 Å². The van der Waals surface area contributed by atoms with Crippen LogP contribution in [0.4, 0.5) is 0 Å². The molecule has 1 aliphatic heterocycles. The lowest BCUT2D eigenvalue weighted by molar-refractivity contribution is 0.0790. The minimum absolute atomic E-state index is 0.0485. The summed E-state index contributed by atoms with van der Waals surface area (Å²) in [5.41, 5.74) is 0.962. The quantitative estimate of drug-likeness (QED) is 0.665. The van der Waals surface area contributed by atoms with Crippen LogP contribution >= 0.6 is 0 Å². The van der Waals surface area contributed by atoms with Crippen LogP contribution in [0.25, 0.3) is 11.0 Å². The summed E-state index contributed by atoms with van der Waals surface area (Å²) in [6.45, 7) is 1.18. The van der Waals surface area contributed by atoms with Gasteiger partial charge in [0.2, 0.25) is 0 Å². The Kier molecular flexibility index (Phi) is 4.10. The maximum atomic E-state index is 12.6. The summed E-state index contributed by atoms with van der Waals surface area (Å²) in [7, 11) is 3.06. The third-order valence-corrected chi connectivity index (χ3v) is 5.13. The fraction of sp³-hybridized carbons (Fsp3) is 0.316. The van der Waals surface area contributed by atoms with Crippen LogP contribution in [-0.2, 0) is 14.1 Å². The number of fused-ring (bicyclic) bond motifs is 1. The van der Waals surface area contributed by atoms with Gasteiger partial charge in [-0.25, -0.2) is 9.78 Å². The van der Waals surface area contributed by atoms with Gasteiger partial charge in [0, 0.05) is 51.2 Å². The van der Waals surface area contributed by atoms with E-state index in [2.05, 4.69) is 9.97 Å². The van der Waals surface area contributed by atoms with Gasteiger partial charge in [-0.2, -0.15) is 0 Å². The van der Waals surface area contributed by atoms with Crippen LogP contribution in [0, 0.1) is 0 Å². The maximum absolute atomic E-state index is 12.6. The molecule has 27 heavy (non-hydrogen) atoms. The first kappa shape index (κ1) is 17.1. The number of nitrogens with zero attached hydrogens (tertiary/aromatic N) is 5. The SMILES string of the molecule is Cn1c(=O)c2ccc(C3CCN(C(=O)c4cccnc4)C3)nc2n(C)c1=O. The molecule has 0 N–H and O–H groups in total. The van der Waals surface area contributed by atoms with Crippen molar-refractivity contribution in [2.75, 3.05) is 13.1 Å². The van der Waals surface area contributed by atoms with Crippen LogP contribution in [0.2, 0.25) is 0 Å². The van der Waals surface area contributed by atoms with Crippen molar-refractivity contribution in [3.8, 4) is 0 Å². The highest BCUT2D eigenvalue weighted by molar-refractivity contribution is 5.94. The molecule has 3 aromatic rings. The molecule has 0 radical (unpaired) electrons. The summed E-state index contributed by atoms with van der Waals surface area (Å²) < 4.78 is 2.46. The third kappa shape index (κ3) is 2.83. The monoisotopic (exact) mass is 365 g/mol. The Labute approximate surface area is 154 Å². The molecule has 8 heteroatoms. The van der Waals surface area contributed by atoms with E-state index in [1.807, 2.05) is 6.07 Å². The molecule has 1 aliphatic rings. The van der Waals surface area contributed by atoms with E-state index in [0.29, 0.717) is 29.7 Å². The van der Waals surface area contributed by atoms with Crippen LogP contribution in [-0.4, -0.2) is 43.0 Å². The van der Waals surface area contributed by atoms with Crippen molar-refractivity contribution >= 4 is 16.9 Å². The molecule has 1 unspecified atom stereocenters. The number of carbonyl (C=O) groups excluding carboxylic acids is 1. The number of pyridine rings is 2. The van der Waals surface area contributed by atoms with Gasteiger partial charge in [0.15, 0.2) is 0 Å². The number of aromatic nitrogens is 4. The molecule has 1 atom stereocenters. The Balaban J connectivity index is 1.65. The van der Waals surface area contributed by atoms with Gasteiger partial charge in [0.05, 0.1) is 10.9 Å². The van der Waals surface area contributed by atoms with Crippen molar-refractivity contribution in [1.29, 1.82) is 0 Å². The van der Waals surface area contributed by atoms with Gasteiger partial charge in [0.1, 0.15) is 5.65 Å². The van der Waals surface area contributed by atoms with Crippen LogP contribution in [0.1, 0.15) is 28.4 Å². The number of rotatable bonds is 2. The van der Waals surface area contributed by atoms with Crippen molar-refractivity contribution in [2.24, 2.45) is 14.1 Å². The summed E-state index contributed by atoms with van der Waals surface area (Å²) in [4.78, 5) is 47.4. The minimum atomic E-state index is -0.406. The molecule has 1 amide bonds. The molecule has 1 fully saturated rings. The number of carbonyl (C=O) groups is 1. The predicted molar refractivity (Wildman–Crippen MR) is 99.7 cm³/mol. The number of aryl methyl sites for hydroxylation is 1. The molecule has 0 bridgehead atoms. The zero-order valence-electron chi connectivity index (χ0n) is 15.1. The zero-order chi connectivity index (χ0) is 19.1. The lowest BCUT2D eigenvalue weighted by atomic mass is 10.0. The molecule has 138 valence electrons. The van der Waals surface area contributed by atoms with E-state index in [4.69, 9.17) is 0 Å². The summed E-state index contributed by atoms with van der Waals surface area (Å²) >= 11 is 0. The second kappa shape index (κ2) is 6.46. The van der Waals surface area contributed by atoms with Gasteiger partial charge in [-0.05, 0) is 30.7 Å². The van der Waals surface area contributed by atoms with Crippen molar-refractivity contribution in [2.45, 2.75) is 12.3 Å². The molecule has 3 aromatic heterocycles. The fourth-order valence-electron chi connectivity index (χ4n) is 3.55. The van der Waals surface area contributed by atoms with Gasteiger partial charge < -0.3 is 4.90 Å². The minimum Gasteiger partial charge on any atom is -0.338 e. The van der Waals surface area contributed by atoms with Crippen molar-refractivity contribution in [1.82, 2.24) is 24.0 Å². The fourth-order valence-corrected chi connectivity index (χ4v) is 3.55. The summed E-state index contributed by atoms with van der Waals surface area (Å²) in [6.07, 6.45) is 3.98. The maximum Gasteiger partial charge on any atom is 0.332 e. The van der Waals surface area contributed by atoms with E-state index in [9.17, 15) is 14.4 Å². The molecule has 0 aromatic carbocycles. The molecular weight excluding hydrogens is 346 g/mol. The first-order valence-electron chi connectivity index (χ1n) is 8.73. The summed E-state index contributed by atoms with van der Waals surface area (Å²) in [6, 6.07) is 7.02. The predicted octanol–water partition coefficient (Wildman–Crippen LogP) is 0.657. The molecule has 1 saturated heterocycles. The molecule has 4 rings (SSSR count). The van der Waals surface area contributed by atoms with E-state index in [1.54, 1.807) is 42.5 Å². The molecule has 0 saturated carbocycles. The van der Waals surface area contributed by atoms with Gasteiger partial charge in [-0.15, -0.1) is 0 Å². The van der Waals surface area contributed by atoms with E-state index < -0.39 is 5.69 Å². The molecule has 0 spiro atoms. The third-order valence-electron chi connectivity index (χ3n) is 5.13. The summed E-state index contributed by atoms with van der Waals surface area (Å²) in [5.74, 6) is 0.0156. The Morgan fingerprint density at radius 2 is 1.96 bits per heavy atom. The van der Waals surface area contributed by atoms with Crippen molar-refractivity contribution in [3.05, 3.63) is 68.8 Å². The first-order chi connectivity index (χ1) is 13.0.